The van der Waals surface area contributed by atoms with Gasteiger partial charge in [0.1, 0.15) is 11.9 Å². The summed E-state index contributed by atoms with van der Waals surface area (Å²) < 4.78 is 23.3. The Kier molecular flexibility index (Phi) is 7.76. The number of nitrogens with zero attached hydrogens (tertiary/aromatic N) is 2. The van der Waals surface area contributed by atoms with Gasteiger partial charge in [0.15, 0.2) is 11.5 Å². The van der Waals surface area contributed by atoms with Crippen molar-refractivity contribution in [2.75, 3.05) is 32.9 Å². The van der Waals surface area contributed by atoms with E-state index in [0.29, 0.717) is 55.7 Å². The van der Waals surface area contributed by atoms with Gasteiger partial charge in [-0.05, 0) is 57.9 Å². The van der Waals surface area contributed by atoms with E-state index in [1.165, 1.54) is 0 Å². The van der Waals surface area contributed by atoms with Gasteiger partial charge in [0, 0.05) is 24.5 Å². The van der Waals surface area contributed by atoms with E-state index < -0.39 is 0 Å². The molecule has 1 unspecified atom stereocenters. The van der Waals surface area contributed by atoms with Gasteiger partial charge in [-0.3, -0.25) is 9.78 Å². The number of hydrogen-bond donors (Lipinski definition) is 0. The summed E-state index contributed by atoms with van der Waals surface area (Å²) >= 11 is 0. The van der Waals surface area contributed by atoms with E-state index in [0.717, 1.165) is 18.6 Å². The van der Waals surface area contributed by atoms with Gasteiger partial charge in [-0.2, -0.15) is 0 Å². The first-order valence-corrected chi connectivity index (χ1v) is 10.6. The van der Waals surface area contributed by atoms with Crippen molar-refractivity contribution in [1.82, 2.24) is 9.88 Å². The molecule has 1 aliphatic heterocycles. The Bertz CT molecular complexity index is 801. The van der Waals surface area contributed by atoms with E-state index >= 15 is 0 Å². The number of benzene rings is 1. The number of aromatic nitrogens is 1. The number of amides is 1. The van der Waals surface area contributed by atoms with Gasteiger partial charge in [-0.15, -0.1) is 0 Å². The van der Waals surface area contributed by atoms with Gasteiger partial charge < -0.3 is 23.8 Å². The maximum atomic E-state index is 13.3. The van der Waals surface area contributed by atoms with E-state index in [1.807, 2.05) is 37.8 Å². The molecular formula is C23H30N2O5. The summed E-state index contributed by atoms with van der Waals surface area (Å²) in [5, 5.41) is 0. The Morgan fingerprint density at radius 2 is 1.67 bits per heavy atom. The van der Waals surface area contributed by atoms with Gasteiger partial charge >= 0.3 is 0 Å². The molecule has 1 aromatic carbocycles. The zero-order valence-corrected chi connectivity index (χ0v) is 17.9. The standard InChI is InChI=1S/C23H30N2O5/c1-4-27-20-14-17(15-21(28-5-2)22(20)29-6-3)23(26)25-13-7-8-19(16-25)30-18-9-11-24-12-10-18/h9-12,14-15,19H,4-8,13,16H2,1-3H3. The number of likely N-dealkylation sites (tertiary alicyclic amines) is 1. The number of rotatable bonds is 9. The molecule has 0 aliphatic carbocycles. The van der Waals surface area contributed by atoms with Crippen LogP contribution in [-0.2, 0) is 0 Å². The fourth-order valence-corrected chi connectivity index (χ4v) is 3.52. The minimum absolute atomic E-state index is 0.0504. The number of piperidine rings is 1. The molecule has 0 bridgehead atoms. The molecule has 1 saturated heterocycles. The Hall–Kier alpha value is -2.96. The van der Waals surface area contributed by atoms with Gasteiger partial charge in [-0.25, -0.2) is 0 Å². The Balaban J connectivity index is 1.80. The van der Waals surface area contributed by atoms with Crippen LogP contribution < -0.4 is 18.9 Å². The van der Waals surface area contributed by atoms with Crippen LogP contribution in [0.5, 0.6) is 23.0 Å². The Morgan fingerprint density at radius 1 is 1.03 bits per heavy atom. The highest BCUT2D eigenvalue weighted by Gasteiger charge is 2.27. The fourth-order valence-electron chi connectivity index (χ4n) is 3.52. The lowest BCUT2D eigenvalue weighted by Gasteiger charge is -2.33. The van der Waals surface area contributed by atoms with E-state index in [4.69, 9.17) is 18.9 Å². The molecule has 0 radical (unpaired) electrons. The lowest BCUT2D eigenvalue weighted by atomic mass is 10.1. The minimum Gasteiger partial charge on any atom is -0.490 e. The molecule has 1 atom stereocenters. The molecule has 7 heteroatoms. The fraction of sp³-hybridized carbons (Fsp3) is 0.478. The van der Waals surface area contributed by atoms with Gasteiger partial charge in [0.2, 0.25) is 5.75 Å². The van der Waals surface area contributed by atoms with Crippen LogP contribution in [0.4, 0.5) is 0 Å². The van der Waals surface area contributed by atoms with E-state index in [9.17, 15) is 4.79 Å². The topological polar surface area (TPSA) is 70.1 Å². The van der Waals surface area contributed by atoms with Gasteiger partial charge in [-0.1, -0.05) is 0 Å². The van der Waals surface area contributed by atoms with Crippen molar-refractivity contribution in [2.24, 2.45) is 0 Å². The number of pyridine rings is 1. The van der Waals surface area contributed by atoms with Crippen molar-refractivity contribution >= 4 is 5.91 Å². The second-order valence-corrected chi connectivity index (χ2v) is 6.92. The SMILES string of the molecule is CCOc1cc(C(=O)N2CCCC(Oc3ccncc3)C2)cc(OCC)c1OCC. The van der Waals surface area contributed by atoms with Crippen LogP contribution in [0.2, 0.25) is 0 Å². The third kappa shape index (κ3) is 5.34. The van der Waals surface area contributed by atoms with Crippen LogP contribution in [0.1, 0.15) is 44.0 Å². The third-order valence-corrected chi connectivity index (χ3v) is 4.77. The number of carbonyl (C=O) groups is 1. The molecular weight excluding hydrogens is 384 g/mol. The third-order valence-electron chi connectivity index (χ3n) is 4.77. The Morgan fingerprint density at radius 3 is 2.27 bits per heavy atom. The van der Waals surface area contributed by atoms with Crippen LogP contribution >= 0.6 is 0 Å². The first-order valence-electron chi connectivity index (χ1n) is 10.6. The molecule has 0 saturated carbocycles. The zero-order chi connectivity index (χ0) is 21.3. The van der Waals surface area contributed by atoms with Crippen molar-refractivity contribution in [1.29, 1.82) is 0 Å². The van der Waals surface area contributed by atoms with E-state index in [1.54, 1.807) is 24.5 Å². The molecule has 3 rings (SSSR count). The van der Waals surface area contributed by atoms with Crippen molar-refractivity contribution in [3.8, 4) is 23.0 Å². The molecule has 0 spiro atoms. The zero-order valence-electron chi connectivity index (χ0n) is 17.9. The average molecular weight is 415 g/mol. The molecule has 1 aromatic heterocycles. The number of hydrogen-bond acceptors (Lipinski definition) is 6. The first-order chi connectivity index (χ1) is 14.7. The maximum Gasteiger partial charge on any atom is 0.254 e. The second kappa shape index (κ2) is 10.7. The molecule has 162 valence electrons. The highest BCUT2D eigenvalue weighted by Crippen LogP contribution is 2.39. The van der Waals surface area contributed by atoms with Crippen molar-refractivity contribution in [2.45, 2.75) is 39.7 Å². The largest absolute Gasteiger partial charge is 0.490 e. The lowest BCUT2D eigenvalue weighted by Crippen LogP contribution is -2.44. The van der Waals surface area contributed by atoms with Crippen molar-refractivity contribution < 1.29 is 23.7 Å². The smallest absolute Gasteiger partial charge is 0.254 e. The average Bonchev–Trinajstić information content (AvgIpc) is 2.76. The summed E-state index contributed by atoms with van der Waals surface area (Å²) in [6.07, 6.45) is 5.14. The summed E-state index contributed by atoms with van der Waals surface area (Å²) in [6, 6.07) is 7.14. The van der Waals surface area contributed by atoms with E-state index in [2.05, 4.69) is 4.98 Å². The van der Waals surface area contributed by atoms with Crippen molar-refractivity contribution in [3.63, 3.8) is 0 Å². The molecule has 2 aromatic rings. The Labute approximate surface area is 177 Å². The van der Waals surface area contributed by atoms with Crippen LogP contribution in [0, 0.1) is 0 Å². The number of carbonyl (C=O) groups excluding carboxylic acids is 1. The summed E-state index contributed by atoms with van der Waals surface area (Å²) in [5.41, 5.74) is 0.523. The normalized spacial score (nSPS) is 16.1. The van der Waals surface area contributed by atoms with Crippen LogP contribution in [0.25, 0.3) is 0 Å². The minimum atomic E-state index is -0.0667. The molecule has 7 nitrogen and oxygen atoms in total. The molecule has 1 fully saturated rings. The second-order valence-electron chi connectivity index (χ2n) is 6.92. The highest BCUT2D eigenvalue weighted by atomic mass is 16.5. The molecule has 2 heterocycles. The first kappa shape index (κ1) is 21.7. The van der Waals surface area contributed by atoms with Crippen molar-refractivity contribution in [3.05, 3.63) is 42.2 Å². The van der Waals surface area contributed by atoms with Crippen LogP contribution in [0.3, 0.4) is 0 Å². The molecule has 1 amide bonds. The predicted molar refractivity (Wildman–Crippen MR) is 114 cm³/mol. The summed E-state index contributed by atoms with van der Waals surface area (Å²) in [7, 11) is 0. The van der Waals surface area contributed by atoms with Gasteiger partial charge in [0.05, 0.1) is 26.4 Å². The summed E-state index contributed by atoms with van der Waals surface area (Å²) in [6.45, 7) is 8.34. The van der Waals surface area contributed by atoms with E-state index in [-0.39, 0.29) is 12.0 Å². The quantitative estimate of drug-likeness (QED) is 0.619. The predicted octanol–water partition coefficient (Wildman–Crippen LogP) is 3.96. The summed E-state index contributed by atoms with van der Waals surface area (Å²) in [5.74, 6) is 2.28. The molecule has 0 N–H and O–H groups in total. The maximum absolute atomic E-state index is 13.3. The lowest BCUT2D eigenvalue weighted by molar-refractivity contribution is 0.0537. The highest BCUT2D eigenvalue weighted by molar-refractivity contribution is 5.95. The summed E-state index contributed by atoms with van der Waals surface area (Å²) in [4.78, 5) is 19.1. The number of ether oxygens (including phenoxy) is 4. The van der Waals surface area contributed by atoms with Crippen LogP contribution in [-0.4, -0.2) is 54.8 Å². The van der Waals surface area contributed by atoms with Crippen LogP contribution in [0.15, 0.2) is 36.7 Å². The molecule has 30 heavy (non-hydrogen) atoms. The monoisotopic (exact) mass is 414 g/mol. The van der Waals surface area contributed by atoms with Gasteiger partial charge in [0.25, 0.3) is 5.91 Å². The molecule has 1 aliphatic rings.